The summed E-state index contributed by atoms with van der Waals surface area (Å²) in [6, 6.07) is 33.6. The molecule has 124 heavy (non-hydrogen) atoms. The molecule has 0 fully saturated rings. The molecule has 0 radical (unpaired) electrons. The van der Waals surface area contributed by atoms with Crippen LogP contribution in [0.25, 0.3) is 22.3 Å². The zero-order chi connectivity index (χ0) is 87.8. The first-order chi connectivity index (χ1) is 59.7. The number of ether oxygens (including phenoxy) is 1. The molecule has 16 rings (SSSR count). The molecule has 0 saturated heterocycles. The largest absolute Gasteiger partial charge is 0.496 e. The number of aromatic nitrogens is 13. The van der Waals surface area contributed by atoms with E-state index >= 15 is 0 Å². The van der Waals surface area contributed by atoms with Gasteiger partial charge in [0, 0.05) is 107 Å². The maximum absolute atomic E-state index is 14.2. The summed E-state index contributed by atoms with van der Waals surface area (Å²) < 4.78 is 103. The molecule has 4 aliphatic rings. The summed E-state index contributed by atoms with van der Waals surface area (Å²) in [5.74, 6) is -2.91. The van der Waals surface area contributed by atoms with Crippen molar-refractivity contribution in [2.75, 3.05) is 79.1 Å². The predicted octanol–water partition coefficient (Wildman–Crippen LogP) is 17.9. The second-order valence-corrected chi connectivity index (χ2v) is 30.8. The summed E-state index contributed by atoms with van der Waals surface area (Å²) in [5, 5.41) is 12.4. The van der Waals surface area contributed by atoms with Crippen molar-refractivity contribution >= 4 is 92.0 Å². The smallest absolute Gasteiger partial charge is 0.266 e. The van der Waals surface area contributed by atoms with Gasteiger partial charge in [0.25, 0.3) is 5.95 Å². The van der Waals surface area contributed by atoms with Gasteiger partial charge in [-0.3, -0.25) is 49.1 Å². The molecule has 0 bridgehead atoms. The van der Waals surface area contributed by atoms with Crippen LogP contribution < -0.4 is 24.3 Å². The lowest BCUT2D eigenvalue weighted by Crippen LogP contribution is -2.32. The summed E-state index contributed by atoms with van der Waals surface area (Å²) in [6.07, 6.45) is 17.3. The Morgan fingerprint density at radius 3 is 1.28 bits per heavy atom. The maximum Gasteiger partial charge on any atom is 0.266 e. The molecule has 4 aliphatic heterocycles. The van der Waals surface area contributed by atoms with Crippen molar-refractivity contribution in [1.29, 1.82) is 0 Å². The van der Waals surface area contributed by atoms with Crippen LogP contribution in [0.3, 0.4) is 0 Å². The van der Waals surface area contributed by atoms with E-state index in [1.54, 1.807) is 87.6 Å². The molecule has 31 heteroatoms. The zero-order valence-corrected chi connectivity index (χ0v) is 70.3. The Kier molecular flexibility index (Phi) is 28.9. The normalized spacial score (nSPS) is 14.1. The first kappa shape index (κ1) is 88.4. The van der Waals surface area contributed by atoms with Crippen LogP contribution >= 0.6 is 23.2 Å². The summed E-state index contributed by atoms with van der Waals surface area (Å²) >= 11 is 11.9. The number of carbonyl (C=O) groups is 4. The highest BCUT2D eigenvalue weighted by molar-refractivity contribution is 6.34. The van der Waals surface area contributed by atoms with Crippen molar-refractivity contribution in [2.24, 2.45) is 7.05 Å². The first-order valence-corrected chi connectivity index (χ1v) is 40.4. The number of Topliss-reactive ketones (excluding diaryl/α,β-unsaturated/α-hetero) is 4. The third kappa shape index (κ3) is 21.5. The third-order valence-electron chi connectivity index (χ3n) is 21.6. The van der Waals surface area contributed by atoms with Crippen molar-refractivity contribution in [3.63, 3.8) is 0 Å². The van der Waals surface area contributed by atoms with Gasteiger partial charge < -0.3 is 24.3 Å². The molecule has 0 aliphatic carbocycles. The molecule has 0 atom stereocenters. The average Bonchev–Trinajstić information content (AvgIpc) is 1.30. The second kappa shape index (κ2) is 40.5. The van der Waals surface area contributed by atoms with Gasteiger partial charge in [0.1, 0.15) is 29.0 Å². The van der Waals surface area contributed by atoms with Gasteiger partial charge in [0.15, 0.2) is 58.0 Å². The molecule has 5 aromatic carbocycles. The van der Waals surface area contributed by atoms with E-state index in [-0.39, 0.29) is 98.5 Å². The Morgan fingerprint density at radius 1 is 0.411 bits per heavy atom. The number of rotatable bonds is 21. The van der Waals surface area contributed by atoms with Crippen LogP contribution in [0.5, 0.6) is 5.75 Å². The number of carbonyl (C=O) groups excluding carboxylic acids is 4. The van der Waals surface area contributed by atoms with E-state index in [2.05, 4.69) is 72.1 Å². The van der Waals surface area contributed by atoms with Crippen molar-refractivity contribution in [1.82, 2.24) is 65.1 Å². The number of methoxy groups -OCH3 is 1. The minimum Gasteiger partial charge on any atom is -0.496 e. The molecule has 0 spiro atoms. The fourth-order valence-electron chi connectivity index (χ4n) is 14.7. The highest BCUT2D eigenvalue weighted by Crippen LogP contribution is 2.35. The lowest BCUT2D eigenvalue weighted by Gasteiger charge is -2.30. The minimum absolute atomic E-state index is 0.0419. The standard InChI is InChI=1S/C24H22F2N4O2.2C23H19ClF2N4O.C23H24FN5O/c1-15-8-10-30(24-19(26)6-4-9-27-24)14-17(15)20-13-28-16(12-29-20)11-21(31)23-18(25)5-3-7-22(23)32-2;1-14-7-9-30(23-19(26)6-3-8-27-23)13-17(14)20-12-28-15(11-29-20)10-21(31)16-4-2-5-18(25)22(16)24;1-14-6-8-30(23-20(26)3-2-7-27-23)13-18(14)21-12-28-16(11-29-21)10-22(31)17-9-15(25)4-5-19(17)24;1-15-11-12-29(23-25-27-28(3)26-23)14-19(15)18-9-7-17(8-10-18)13-21(30)22-16(2)5-4-6-20(22)24/h3-7,9,12-13H,8,10-11,14H2,1-2H3;2-6,8,11-12H,7,9-10,13H2,1H3;2-5,7,9,11-12H,6,8,10,13H2,1H3;4-10H,11-14H2,1-3H3. The molecule has 0 unspecified atom stereocenters. The van der Waals surface area contributed by atoms with Crippen molar-refractivity contribution in [2.45, 2.75) is 86.0 Å². The number of hydrogen-bond acceptors (Lipinski definition) is 21. The number of halogens is 9. The molecule has 7 aromatic heterocycles. The van der Waals surface area contributed by atoms with Gasteiger partial charge in [-0.05, 0) is 189 Å². The third-order valence-corrected chi connectivity index (χ3v) is 22.3. The molecule has 11 heterocycles. The van der Waals surface area contributed by atoms with E-state index in [1.807, 2.05) is 59.7 Å². The van der Waals surface area contributed by atoms with Gasteiger partial charge in [0.2, 0.25) is 0 Å². The van der Waals surface area contributed by atoms with Crippen LogP contribution in [0.2, 0.25) is 10.0 Å². The van der Waals surface area contributed by atoms with Crippen LogP contribution in [-0.2, 0) is 32.7 Å². The van der Waals surface area contributed by atoms with Gasteiger partial charge in [-0.15, -0.1) is 5.10 Å². The summed E-state index contributed by atoms with van der Waals surface area (Å²) in [5.41, 5.74) is 15.1. The quantitative estimate of drug-likeness (QED) is 0.0479. The molecule has 0 saturated carbocycles. The number of pyridine rings is 3. The van der Waals surface area contributed by atoms with E-state index in [1.165, 1.54) is 108 Å². The van der Waals surface area contributed by atoms with Crippen LogP contribution in [0.4, 0.5) is 54.1 Å². The van der Waals surface area contributed by atoms with Crippen LogP contribution in [-0.4, -0.2) is 148 Å². The average molecular weight is 1720 g/mol. The predicted molar refractivity (Wildman–Crippen MR) is 461 cm³/mol. The fraction of sp³-hybridized carbons (Fsp3) is 0.247. The maximum atomic E-state index is 14.2. The molecule has 12 aromatic rings. The van der Waals surface area contributed by atoms with E-state index in [0.29, 0.717) is 109 Å². The van der Waals surface area contributed by atoms with Crippen molar-refractivity contribution < 1.29 is 54.6 Å². The Balaban J connectivity index is 0.000000142. The lowest BCUT2D eigenvalue weighted by atomic mass is 9.93. The SMILES string of the molecule is CC1=C(c2ccc(CC(=O)c3c(C)cccc3F)cc2)CN(c2nnn(C)n2)CC1.CC1=C(c2cnc(CC(=O)c3cc(F)ccc3Cl)cn2)CN(c2ncccc2F)CC1.CC1=C(c2cnc(CC(=O)c3cccc(F)c3Cl)cn2)CN(c2ncccc2F)CC1.COc1cccc(F)c1C(=O)Cc1cnc(C2=C(C)CCN(c3ncccc3F)C2)cn1. The van der Waals surface area contributed by atoms with Gasteiger partial charge in [-0.25, -0.2) is 45.7 Å². The van der Waals surface area contributed by atoms with Gasteiger partial charge in [-0.2, -0.15) is 4.80 Å². The number of ketones is 4. The molecule has 0 N–H and O–H groups in total. The number of benzene rings is 5. The van der Waals surface area contributed by atoms with Crippen LogP contribution in [0, 0.1) is 47.6 Å². The second-order valence-electron chi connectivity index (χ2n) is 30.0. The summed E-state index contributed by atoms with van der Waals surface area (Å²) in [4.78, 5) is 98.4. The molecule has 22 nitrogen and oxygen atoms in total. The highest BCUT2D eigenvalue weighted by Gasteiger charge is 2.29. The zero-order valence-electron chi connectivity index (χ0n) is 68.8. The monoisotopic (exact) mass is 1720 g/mol. The summed E-state index contributed by atoms with van der Waals surface area (Å²) in [7, 11) is 3.14. The first-order valence-electron chi connectivity index (χ1n) is 39.7. The number of aryl methyl sites for hydroxylation is 2. The Labute approximate surface area is 721 Å². The van der Waals surface area contributed by atoms with E-state index < -0.39 is 29.1 Å². The Bertz CT molecular complexity index is 5940. The molecular formula is C93H84Cl2F7N17O5. The van der Waals surface area contributed by atoms with Gasteiger partial charge >= 0.3 is 0 Å². The Morgan fingerprint density at radius 2 is 0.831 bits per heavy atom. The molecule has 634 valence electrons. The number of hydrogen-bond donors (Lipinski definition) is 0. The number of tetrazole rings is 1. The summed E-state index contributed by atoms with van der Waals surface area (Å²) in [6.45, 7) is 14.9. The number of nitrogens with zero attached hydrogens (tertiary/aromatic N) is 17. The van der Waals surface area contributed by atoms with Gasteiger partial charge in [0.05, 0.1) is 107 Å². The number of anilines is 4. The van der Waals surface area contributed by atoms with Gasteiger partial charge in [-0.1, -0.05) is 99.1 Å². The van der Waals surface area contributed by atoms with E-state index in [9.17, 15) is 49.9 Å². The van der Waals surface area contributed by atoms with Crippen molar-refractivity contribution in [3.05, 3.63) is 335 Å². The highest BCUT2D eigenvalue weighted by atomic mass is 35.5. The molecule has 0 amide bonds. The van der Waals surface area contributed by atoms with Crippen LogP contribution in [0.1, 0.15) is 146 Å². The Hall–Kier alpha value is -13.4. The van der Waals surface area contributed by atoms with E-state index in [4.69, 9.17) is 27.9 Å². The topological polar surface area (TPSA) is 250 Å². The van der Waals surface area contributed by atoms with Crippen LogP contribution in [0.15, 0.2) is 212 Å². The fourth-order valence-corrected chi connectivity index (χ4v) is 15.1. The lowest BCUT2D eigenvalue weighted by molar-refractivity contribution is 0.0977. The minimum atomic E-state index is -0.637. The van der Waals surface area contributed by atoms with E-state index in [0.717, 1.165) is 82.9 Å². The van der Waals surface area contributed by atoms with Crippen molar-refractivity contribution in [3.8, 4) is 5.75 Å². The molecular weight excluding hydrogens is 1640 g/mol.